The first-order valence-corrected chi connectivity index (χ1v) is 13.3. The fourth-order valence-electron chi connectivity index (χ4n) is 6.09. The Morgan fingerprint density at radius 2 is 1.50 bits per heavy atom. The zero-order valence-corrected chi connectivity index (χ0v) is 23.4. The van der Waals surface area contributed by atoms with E-state index < -0.39 is 17.5 Å². The highest BCUT2D eigenvalue weighted by molar-refractivity contribution is 5.85. The van der Waals surface area contributed by atoms with Crippen molar-refractivity contribution in [2.75, 3.05) is 20.1 Å². The highest BCUT2D eigenvalue weighted by atomic mass is 35.5. The molecule has 0 amide bonds. The van der Waals surface area contributed by atoms with E-state index in [1.165, 1.54) is 11.1 Å². The SMILES string of the molecule is CC(C)(C(=O)O)c1ccc(C(O)CCC[N+]2(C)CCC(O)CC2(c2ccccc2)c2ccccc2)cc1.Cl. The number of carbonyl (C=O) groups is 1. The molecule has 3 atom stereocenters. The van der Waals surface area contributed by atoms with Gasteiger partial charge in [-0.05, 0) is 37.8 Å². The van der Waals surface area contributed by atoms with E-state index in [1.807, 2.05) is 36.4 Å². The Hall–Kier alpha value is -2.70. The summed E-state index contributed by atoms with van der Waals surface area (Å²) in [7, 11) is 2.29. The first-order chi connectivity index (χ1) is 17.6. The second-order valence-electron chi connectivity index (χ2n) is 11.3. The van der Waals surface area contributed by atoms with Crippen molar-refractivity contribution in [3.05, 3.63) is 107 Å². The summed E-state index contributed by atoms with van der Waals surface area (Å²) < 4.78 is 0.760. The van der Waals surface area contributed by atoms with Gasteiger partial charge in [0.05, 0.1) is 37.8 Å². The van der Waals surface area contributed by atoms with Crippen LogP contribution in [0.1, 0.15) is 67.9 Å². The quantitative estimate of drug-likeness (QED) is 0.300. The number of carboxylic acid groups (broad SMARTS) is 1. The van der Waals surface area contributed by atoms with Gasteiger partial charge in [0.2, 0.25) is 0 Å². The number of aliphatic carboxylic acids is 1. The van der Waals surface area contributed by atoms with E-state index >= 15 is 0 Å². The van der Waals surface area contributed by atoms with Crippen LogP contribution in [-0.4, -0.2) is 52.0 Å². The largest absolute Gasteiger partial charge is 0.481 e. The molecule has 1 heterocycles. The van der Waals surface area contributed by atoms with Crippen LogP contribution in [0.4, 0.5) is 0 Å². The van der Waals surface area contributed by atoms with Crippen LogP contribution in [0.2, 0.25) is 0 Å². The molecule has 3 N–H and O–H groups in total. The number of nitrogens with zero attached hydrogens (tertiary/aromatic N) is 1. The van der Waals surface area contributed by atoms with Crippen LogP contribution in [0.25, 0.3) is 0 Å². The Balaban J connectivity index is 0.00000400. The van der Waals surface area contributed by atoms with Gasteiger partial charge >= 0.3 is 5.97 Å². The van der Waals surface area contributed by atoms with Crippen molar-refractivity contribution in [1.29, 1.82) is 0 Å². The molecule has 0 aliphatic carbocycles. The van der Waals surface area contributed by atoms with Crippen molar-refractivity contribution < 1.29 is 24.6 Å². The highest BCUT2D eigenvalue weighted by Crippen LogP contribution is 2.48. The Morgan fingerprint density at radius 3 is 2.00 bits per heavy atom. The summed E-state index contributed by atoms with van der Waals surface area (Å²) >= 11 is 0. The maximum Gasteiger partial charge on any atom is 0.313 e. The minimum atomic E-state index is -0.973. The number of aliphatic hydroxyl groups excluding tert-OH is 2. The average molecular weight is 539 g/mol. The summed E-state index contributed by atoms with van der Waals surface area (Å²) in [5, 5.41) is 31.4. The summed E-state index contributed by atoms with van der Waals surface area (Å²) in [6.45, 7) is 5.08. The lowest BCUT2D eigenvalue weighted by Crippen LogP contribution is -2.65. The molecule has 0 bridgehead atoms. The van der Waals surface area contributed by atoms with Crippen LogP contribution in [-0.2, 0) is 15.7 Å². The van der Waals surface area contributed by atoms with E-state index in [9.17, 15) is 20.1 Å². The van der Waals surface area contributed by atoms with Crippen LogP contribution < -0.4 is 0 Å². The second-order valence-corrected chi connectivity index (χ2v) is 11.3. The van der Waals surface area contributed by atoms with Gasteiger partial charge in [-0.25, -0.2) is 0 Å². The number of halogens is 1. The van der Waals surface area contributed by atoms with Gasteiger partial charge in [0, 0.05) is 24.0 Å². The Morgan fingerprint density at radius 1 is 0.974 bits per heavy atom. The second kappa shape index (κ2) is 12.0. The summed E-state index contributed by atoms with van der Waals surface area (Å²) in [5.74, 6) is -0.871. The van der Waals surface area contributed by atoms with E-state index in [2.05, 4.69) is 55.6 Å². The Labute approximate surface area is 232 Å². The van der Waals surface area contributed by atoms with E-state index in [1.54, 1.807) is 13.8 Å². The number of rotatable bonds is 9. The molecule has 204 valence electrons. The van der Waals surface area contributed by atoms with Crippen LogP contribution in [0.5, 0.6) is 0 Å². The molecule has 1 aliphatic rings. The van der Waals surface area contributed by atoms with E-state index in [0.717, 1.165) is 41.5 Å². The minimum absolute atomic E-state index is 0. The topological polar surface area (TPSA) is 77.8 Å². The number of likely N-dealkylation sites (tertiary alicyclic amines) is 1. The zero-order valence-electron chi connectivity index (χ0n) is 22.6. The Kier molecular flexibility index (Phi) is 9.43. The molecule has 0 spiro atoms. The molecule has 5 nitrogen and oxygen atoms in total. The molecule has 3 aromatic rings. The summed E-state index contributed by atoms with van der Waals surface area (Å²) in [6.07, 6.45) is 1.84. The molecule has 3 unspecified atom stereocenters. The van der Waals surface area contributed by atoms with Crippen LogP contribution >= 0.6 is 12.4 Å². The molecule has 3 aromatic carbocycles. The first-order valence-electron chi connectivity index (χ1n) is 13.3. The van der Waals surface area contributed by atoms with Gasteiger partial charge in [-0.2, -0.15) is 0 Å². The van der Waals surface area contributed by atoms with E-state index in [-0.39, 0.29) is 24.0 Å². The van der Waals surface area contributed by atoms with Gasteiger partial charge < -0.3 is 19.8 Å². The number of hydrogen-bond acceptors (Lipinski definition) is 3. The normalized spacial score (nSPS) is 21.8. The molecule has 0 saturated carbocycles. The van der Waals surface area contributed by atoms with Gasteiger partial charge in [0.25, 0.3) is 0 Å². The number of benzene rings is 3. The van der Waals surface area contributed by atoms with Crippen molar-refractivity contribution in [2.24, 2.45) is 0 Å². The molecule has 0 radical (unpaired) electrons. The number of carboxylic acids is 1. The molecule has 4 rings (SSSR count). The Bertz CT molecular complexity index is 1140. The van der Waals surface area contributed by atoms with Crippen LogP contribution in [0.15, 0.2) is 84.9 Å². The summed E-state index contributed by atoms with van der Waals surface area (Å²) in [4.78, 5) is 11.6. The van der Waals surface area contributed by atoms with E-state index in [0.29, 0.717) is 12.8 Å². The highest BCUT2D eigenvalue weighted by Gasteiger charge is 2.54. The molecular formula is C32H41ClNO4+. The van der Waals surface area contributed by atoms with Gasteiger partial charge in [-0.1, -0.05) is 84.9 Å². The third kappa shape index (κ3) is 5.67. The lowest BCUT2D eigenvalue weighted by molar-refractivity contribution is -0.967. The molecule has 0 aromatic heterocycles. The van der Waals surface area contributed by atoms with Crippen molar-refractivity contribution in [3.63, 3.8) is 0 Å². The number of quaternary nitrogens is 1. The van der Waals surface area contributed by atoms with Crippen molar-refractivity contribution in [2.45, 2.75) is 62.7 Å². The smallest absolute Gasteiger partial charge is 0.313 e. The zero-order chi connectivity index (χ0) is 26.7. The van der Waals surface area contributed by atoms with Gasteiger partial charge in [0.1, 0.15) is 0 Å². The van der Waals surface area contributed by atoms with Gasteiger partial charge in [0.15, 0.2) is 5.54 Å². The minimum Gasteiger partial charge on any atom is -0.481 e. The van der Waals surface area contributed by atoms with E-state index in [4.69, 9.17) is 0 Å². The first kappa shape index (κ1) is 29.9. The number of aliphatic hydroxyl groups is 2. The molecule has 38 heavy (non-hydrogen) atoms. The maximum absolute atomic E-state index is 11.6. The fourth-order valence-corrected chi connectivity index (χ4v) is 6.09. The van der Waals surface area contributed by atoms with Crippen molar-refractivity contribution in [3.8, 4) is 0 Å². The van der Waals surface area contributed by atoms with Crippen LogP contribution in [0.3, 0.4) is 0 Å². The molecule has 1 fully saturated rings. The van der Waals surface area contributed by atoms with Crippen molar-refractivity contribution >= 4 is 18.4 Å². The standard InChI is InChI=1S/C32H39NO4.ClH/c1-31(2,30(36)37)25-18-16-24(17-19-25)29(35)15-10-21-33(3)22-20-28(34)23-32(33,26-11-6-4-7-12-26)27-13-8-5-9-14-27;/h4-9,11-14,16-19,28-29,34-35H,10,15,20-23H2,1-3H3;1H/p+1. The molecule has 1 saturated heterocycles. The number of hydrogen-bond donors (Lipinski definition) is 3. The lowest BCUT2D eigenvalue weighted by atomic mass is 9.72. The molecule has 1 aliphatic heterocycles. The molecule has 6 heteroatoms. The van der Waals surface area contributed by atoms with Gasteiger partial charge in [-0.15, -0.1) is 12.4 Å². The van der Waals surface area contributed by atoms with Crippen molar-refractivity contribution in [1.82, 2.24) is 0 Å². The fraction of sp³-hybridized carbons (Fsp3) is 0.406. The summed E-state index contributed by atoms with van der Waals surface area (Å²) in [5.41, 5.74) is 2.59. The monoisotopic (exact) mass is 538 g/mol. The maximum atomic E-state index is 11.6. The average Bonchev–Trinajstić information content (AvgIpc) is 2.91. The lowest BCUT2D eigenvalue weighted by Gasteiger charge is -2.55. The third-order valence-electron chi connectivity index (χ3n) is 8.59. The predicted octanol–water partition coefficient (Wildman–Crippen LogP) is 5.83. The molecular weight excluding hydrogens is 498 g/mol. The third-order valence-corrected chi connectivity index (χ3v) is 8.59. The predicted molar refractivity (Wildman–Crippen MR) is 153 cm³/mol. The van der Waals surface area contributed by atoms with Crippen LogP contribution in [0, 0.1) is 0 Å². The van der Waals surface area contributed by atoms with Gasteiger partial charge in [-0.3, -0.25) is 4.79 Å². The number of piperidine rings is 1. The summed E-state index contributed by atoms with van der Waals surface area (Å²) in [6, 6.07) is 28.4.